The standard InChI is InChI=1S/C21H34N4O4S/c1-14-13-25(30(27,28)17-8-6-16(7-9-17)24(2)3)11-10-18(14)22-21(26)19-12-20(29-23-19)15-4-5-15/h12,14-18H,4-11,13H2,1-3H3,(H,22,26)/t14-,16-,17-,18+/m0/s1. The quantitative estimate of drug-likeness (QED) is 0.732. The average Bonchev–Trinajstić information content (AvgIpc) is 3.45. The zero-order chi connectivity index (χ0) is 21.5. The summed E-state index contributed by atoms with van der Waals surface area (Å²) in [6, 6.07) is 2.16. The van der Waals surface area contributed by atoms with Gasteiger partial charge in [0.05, 0.1) is 5.25 Å². The van der Waals surface area contributed by atoms with E-state index in [1.807, 2.05) is 6.92 Å². The molecule has 1 aliphatic heterocycles. The van der Waals surface area contributed by atoms with E-state index in [0.29, 0.717) is 37.2 Å². The Kier molecular flexibility index (Phi) is 6.23. The van der Waals surface area contributed by atoms with Gasteiger partial charge >= 0.3 is 0 Å². The predicted octanol–water partition coefficient (Wildman–Crippen LogP) is 2.19. The number of hydrogen-bond acceptors (Lipinski definition) is 6. The Labute approximate surface area is 179 Å². The number of piperidine rings is 1. The minimum absolute atomic E-state index is 0.0467. The van der Waals surface area contributed by atoms with Gasteiger partial charge < -0.3 is 14.7 Å². The molecular formula is C21H34N4O4S. The van der Waals surface area contributed by atoms with Crippen LogP contribution in [0.5, 0.6) is 0 Å². The van der Waals surface area contributed by atoms with Crippen LogP contribution in [0.15, 0.2) is 10.6 Å². The van der Waals surface area contributed by atoms with Crippen molar-refractivity contribution in [1.29, 1.82) is 0 Å². The molecule has 30 heavy (non-hydrogen) atoms. The fourth-order valence-electron chi connectivity index (χ4n) is 4.82. The van der Waals surface area contributed by atoms with Gasteiger partial charge in [-0.1, -0.05) is 12.1 Å². The molecule has 2 aliphatic carbocycles. The molecule has 0 unspecified atom stereocenters. The van der Waals surface area contributed by atoms with Crippen LogP contribution in [0.25, 0.3) is 0 Å². The van der Waals surface area contributed by atoms with Crippen LogP contribution in [0.2, 0.25) is 0 Å². The highest BCUT2D eigenvalue weighted by Crippen LogP contribution is 2.40. The van der Waals surface area contributed by atoms with Gasteiger partial charge in [0.2, 0.25) is 10.0 Å². The van der Waals surface area contributed by atoms with Crippen LogP contribution in [-0.2, 0) is 10.0 Å². The first-order valence-electron chi connectivity index (χ1n) is 11.2. The molecule has 1 aromatic heterocycles. The van der Waals surface area contributed by atoms with Crippen molar-refractivity contribution in [1.82, 2.24) is 19.7 Å². The third kappa shape index (κ3) is 4.57. The van der Waals surface area contributed by atoms with Crippen molar-refractivity contribution < 1.29 is 17.7 Å². The van der Waals surface area contributed by atoms with Gasteiger partial charge in [0.25, 0.3) is 5.91 Å². The number of carbonyl (C=O) groups excluding carboxylic acids is 1. The van der Waals surface area contributed by atoms with E-state index in [0.717, 1.165) is 44.3 Å². The van der Waals surface area contributed by atoms with E-state index < -0.39 is 10.0 Å². The summed E-state index contributed by atoms with van der Waals surface area (Å²) in [5, 5.41) is 6.67. The Morgan fingerprint density at radius 2 is 1.87 bits per heavy atom. The van der Waals surface area contributed by atoms with E-state index in [1.165, 1.54) is 0 Å². The zero-order valence-corrected chi connectivity index (χ0v) is 19.0. The molecule has 9 heteroatoms. The molecule has 3 aliphatic rings. The fourth-order valence-corrected chi connectivity index (χ4v) is 6.91. The smallest absolute Gasteiger partial charge is 0.273 e. The number of sulfonamides is 1. The summed E-state index contributed by atoms with van der Waals surface area (Å²) in [7, 11) is 0.827. The van der Waals surface area contributed by atoms with Crippen LogP contribution in [0, 0.1) is 5.92 Å². The largest absolute Gasteiger partial charge is 0.360 e. The number of amides is 1. The Morgan fingerprint density at radius 3 is 2.47 bits per heavy atom. The maximum absolute atomic E-state index is 13.2. The van der Waals surface area contributed by atoms with Crippen molar-refractivity contribution in [3.63, 3.8) is 0 Å². The monoisotopic (exact) mass is 438 g/mol. The number of hydrogen-bond donors (Lipinski definition) is 1. The van der Waals surface area contributed by atoms with Crippen molar-refractivity contribution in [3.05, 3.63) is 17.5 Å². The summed E-state index contributed by atoms with van der Waals surface area (Å²) in [5.74, 6) is 1.02. The molecule has 2 saturated carbocycles. The molecule has 0 bridgehead atoms. The van der Waals surface area contributed by atoms with Crippen molar-refractivity contribution in [3.8, 4) is 0 Å². The highest BCUT2D eigenvalue weighted by Gasteiger charge is 2.39. The summed E-state index contributed by atoms with van der Waals surface area (Å²) in [5.41, 5.74) is 0.316. The van der Waals surface area contributed by atoms with Gasteiger partial charge in [0.1, 0.15) is 5.76 Å². The Bertz CT molecular complexity index is 856. The van der Waals surface area contributed by atoms with E-state index >= 15 is 0 Å². The molecule has 8 nitrogen and oxygen atoms in total. The Morgan fingerprint density at radius 1 is 1.17 bits per heavy atom. The number of nitrogens with one attached hydrogen (secondary N) is 1. The summed E-state index contributed by atoms with van der Waals surface area (Å²) in [6.45, 7) is 2.92. The van der Waals surface area contributed by atoms with E-state index in [9.17, 15) is 13.2 Å². The summed E-state index contributed by atoms with van der Waals surface area (Å²) >= 11 is 0. The fraction of sp³-hybridized carbons (Fsp3) is 0.810. The zero-order valence-electron chi connectivity index (χ0n) is 18.2. The number of rotatable bonds is 6. The van der Waals surface area contributed by atoms with Gasteiger partial charge in [-0.2, -0.15) is 0 Å². The average molecular weight is 439 g/mol. The molecule has 1 aromatic rings. The van der Waals surface area contributed by atoms with Crippen molar-refractivity contribution in [2.75, 3.05) is 27.2 Å². The lowest BCUT2D eigenvalue weighted by Crippen LogP contribution is -2.53. The van der Waals surface area contributed by atoms with E-state index in [-0.39, 0.29) is 23.1 Å². The van der Waals surface area contributed by atoms with Gasteiger partial charge in [0, 0.05) is 37.2 Å². The summed E-state index contributed by atoms with van der Waals surface area (Å²) in [6.07, 6.45) is 6.12. The van der Waals surface area contributed by atoms with Crippen LogP contribution in [0.4, 0.5) is 0 Å². The molecule has 4 rings (SSSR count). The van der Waals surface area contributed by atoms with Gasteiger partial charge in [-0.05, 0) is 65.0 Å². The lowest BCUT2D eigenvalue weighted by molar-refractivity contribution is 0.0891. The molecule has 1 N–H and O–H groups in total. The van der Waals surface area contributed by atoms with E-state index in [4.69, 9.17) is 4.52 Å². The molecule has 1 saturated heterocycles. The molecule has 0 aromatic carbocycles. The van der Waals surface area contributed by atoms with Gasteiger partial charge in [-0.15, -0.1) is 0 Å². The molecule has 168 valence electrons. The first-order chi connectivity index (χ1) is 14.3. The highest BCUT2D eigenvalue weighted by atomic mass is 32.2. The molecule has 1 amide bonds. The van der Waals surface area contributed by atoms with Gasteiger partial charge in [-0.25, -0.2) is 12.7 Å². The minimum Gasteiger partial charge on any atom is -0.360 e. The van der Waals surface area contributed by atoms with Crippen LogP contribution < -0.4 is 5.32 Å². The lowest BCUT2D eigenvalue weighted by Gasteiger charge is -2.40. The predicted molar refractivity (Wildman–Crippen MR) is 114 cm³/mol. The SMILES string of the molecule is C[C@H]1CN(S(=O)(=O)[C@H]2CC[C@H](N(C)C)CC2)CC[C@H]1NC(=O)c1cc(C2CC2)on1. The third-order valence-electron chi connectivity index (χ3n) is 7.08. The first kappa shape index (κ1) is 21.8. The number of carbonyl (C=O) groups is 1. The van der Waals surface area contributed by atoms with Gasteiger partial charge in [-0.3, -0.25) is 4.79 Å². The molecular weight excluding hydrogens is 404 g/mol. The second-order valence-electron chi connectivity index (χ2n) is 9.53. The van der Waals surface area contributed by atoms with Crippen molar-refractivity contribution >= 4 is 15.9 Å². The molecule has 2 heterocycles. The Balaban J connectivity index is 1.31. The number of nitrogens with zero attached hydrogens (tertiary/aromatic N) is 3. The molecule has 3 fully saturated rings. The van der Waals surface area contributed by atoms with Crippen LogP contribution in [0.1, 0.15) is 74.0 Å². The maximum Gasteiger partial charge on any atom is 0.273 e. The second kappa shape index (κ2) is 8.59. The molecule has 0 spiro atoms. The summed E-state index contributed by atoms with van der Waals surface area (Å²) in [4.78, 5) is 14.8. The lowest BCUT2D eigenvalue weighted by atomic mass is 9.94. The minimum atomic E-state index is -3.30. The topological polar surface area (TPSA) is 95.8 Å². The normalized spacial score (nSPS) is 31.1. The van der Waals surface area contributed by atoms with Crippen molar-refractivity contribution in [2.24, 2.45) is 5.92 Å². The van der Waals surface area contributed by atoms with Crippen molar-refractivity contribution in [2.45, 2.75) is 75.1 Å². The third-order valence-corrected chi connectivity index (χ3v) is 9.45. The first-order valence-corrected chi connectivity index (χ1v) is 12.7. The second-order valence-corrected chi connectivity index (χ2v) is 11.7. The summed E-state index contributed by atoms with van der Waals surface area (Å²) < 4.78 is 33.3. The highest BCUT2D eigenvalue weighted by molar-refractivity contribution is 7.89. The van der Waals surface area contributed by atoms with Gasteiger partial charge in [0.15, 0.2) is 5.69 Å². The van der Waals surface area contributed by atoms with E-state index in [2.05, 4.69) is 29.5 Å². The van der Waals surface area contributed by atoms with Crippen LogP contribution in [0.3, 0.4) is 0 Å². The Hall–Kier alpha value is -1.45. The maximum atomic E-state index is 13.2. The molecule has 0 radical (unpaired) electrons. The number of aromatic nitrogens is 1. The van der Waals surface area contributed by atoms with Crippen LogP contribution in [-0.4, -0.2) is 73.2 Å². The van der Waals surface area contributed by atoms with Crippen LogP contribution >= 0.6 is 0 Å². The van der Waals surface area contributed by atoms with E-state index in [1.54, 1.807) is 10.4 Å². The molecule has 2 atom stereocenters.